The van der Waals surface area contributed by atoms with Crippen molar-refractivity contribution in [2.75, 3.05) is 65.0 Å². The lowest BCUT2D eigenvalue weighted by Gasteiger charge is -2.35. The lowest BCUT2D eigenvalue weighted by Crippen LogP contribution is -2.41. The molecule has 1 atom stereocenters. The average Bonchev–Trinajstić information content (AvgIpc) is 3.59. The van der Waals surface area contributed by atoms with E-state index in [2.05, 4.69) is 37.4 Å². The molecule has 3 heterocycles. The van der Waals surface area contributed by atoms with Gasteiger partial charge in [0.25, 0.3) is 5.91 Å². The van der Waals surface area contributed by atoms with E-state index < -0.39 is 16.6 Å². The molecule has 0 unspecified atom stereocenters. The number of benzene rings is 2. The zero-order valence-electron chi connectivity index (χ0n) is 23.7. The maximum absolute atomic E-state index is 13.8. The first-order valence-electron chi connectivity index (χ1n) is 14.4. The van der Waals surface area contributed by atoms with Gasteiger partial charge in [-0.2, -0.15) is 0 Å². The van der Waals surface area contributed by atoms with E-state index in [1.807, 2.05) is 25.4 Å². The van der Waals surface area contributed by atoms with Crippen molar-refractivity contribution in [2.45, 2.75) is 38.7 Å². The fraction of sp³-hybridized carbons (Fsp3) is 0.500. The number of hydrogen-bond acceptors (Lipinski definition) is 7. The van der Waals surface area contributed by atoms with Gasteiger partial charge in [-0.1, -0.05) is 0 Å². The molecule has 3 N–H and O–H groups in total. The molecule has 2 saturated heterocycles. The third-order valence-corrected chi connectivity index (χ3v) is 10.1. The number of sulfonamides is 1. The number of morpholine rings is 1. The van der Waals surface area contributed by atoms with Gasteiger partial charge in [0, 0.05) is 50.5 Å². The van der Waals surface area contributed by atoms with Crippen LogP contribution in [0.1, 0.15) is 43.0 Å². The summed E-state index contributed by atoms with van der Waals surface area (Å²) in [6.07, 6.45) is 6.82. The number of aliphatic hydroxyl groups excluding tert-OH is 1. The van der Waals surface area contributed by atoms with E-state index >= 15 is 0 Å². The van der Waals surface area contributed by atoms with Gasteiger partial charge >= 0.3 is 0 Å². The number of nitrogens with zero attached hydrogens (tertiary/aromatic N) is 3. The van der Waals surface area contributed by atoms with E-state index in [1.165, 1.54) is 12.8 Å². The molecule has 1 amide bonds. The van der Waals surface area contributed by atoms with Crippen molar-refractivity contribution in [2.24, 2.45) is 12.5 Å². The van der Waals surface area contributed by atoms with Crippen LogP contribution in [0.25, 0.3) is 10.9 Å². The van der Waals surface area contributed by atoms with Gasteiger partial charge in [0.2, 0.25) is 10.0 Å². The van der Waals surface area contributed by atoms with Gasteiger partial charge in [-0.05, 0) is 74.4 Å². The highest BCUT2D eigenvalue weighted by Gasteiger charge is 2.44. The van der Waals surface area contributed by atoms with E-state index in [4.69, 9.17) is 9.84 Å². The number of hydrogen-bond donors (Lipinski definition) is 3. The monoisotopic (exact) mass is 581 g/mol. The molecule has 11 heteroatoms. The standard InChI is InChI=1S/C30H39N5O5S/c1-21-20-35(13-15-40-21)27-19-24(17-22-5-10-33(2)28(22)27)31-29(37)25-4-3-23(32-41(38,39)16-14-36)18-26(25)34-11-8-30(6-7-30)9-12-34/h3-5,10,17-19,21,32,36H,6-9,11-16,20H2,1-2H3,(H,31,37)/t21-/m0/s1. The summed E-state index contributed by atoms with van der Waals surface area (Å²) in [6, 6.07) is 11.1. The topological polar surface area (TPSA) is 116 Å². The molecule has 1 spiro atoms. The molecule has 3 aliphatic rings. The molecule has 3 aromatic rings. The smallest absolute Gasteiger partial charge is 0.257 e. The predicted octanol–water partition coefficient (Wildman–Crippen LogP) is 3.77. The zero-order valence-corrected chi connectivity index (χ0v) is 24.5. The number of ether oxygens (including phenoxy) is 1. The second-order valence-electron chi connectivity index (χ2n) is 11.8. The van der Waals surface area contributed by atoms with E-state index in [1.54, 1.807) is 18.2 Å². The quantitative estimate of drug-likeness (QED) is 0.371. The molecule has 3 fully saturated rings. The van der Waals surface area contributed by atoms with E-state index in [0.717, 1.165) is 55.6 Å². The first-order valence-corrected chi connectivity index (χ1v) is 16.1. The number of aryl methyl sites for hydroxylation is 1. The number of piperidine rings is 1. The Morgan fingerprint density at radius 1 is 1.02 bits per heavy atom. The summed E-state index contributed by atoms with van der Waals surface area (Å²) in [5, 5.41) is 13.3. The zero-order chi connectivity index (χ0) is 28.8. The number of carbonyl (C=O) groups excluding carboxylic acids is 1. The highest BCUT2D eigenvalue weighted by molar-refractivity contribution is 7.92. The van der Waals surface area contributed by atoms with E-state index in [-0.39, 0.29) is 17.8 Å². The predicted molar refractivity (Wildman–Crippen MR) is 163 cm³/mol. The van der Waals surface area contributed by atoms with Crippen LogP contribution in [0.3, 0.4) is 0 Å². The minimum absolute atomic E-state index is 0.118. The third-order valence-electron chi connectivity index (χ3n) is 8.79. The minimum Gasteiger partial charge on any atom is -0.395 e. The maximum atomic E-state index is 13.8. The fourth-order valence-electron chi connectivity index (χ4n) is 6.27. The second kappa shape index (κ2) is 10.8. The lowest BCUT2D eigenvalue weighted by atomic mass is 9.93. The van der Waals surface area contributed by atoms with Crippen LogP contribution in [0.5, 0.6) is 0 Å². The van der Waals surface area contributed by atoms with Gasteiger partial charge in [0.05, 0.1) is 53.2 Å². The Bertz CT molecular complexity index is 1550. The van der Waals surface area contributed by atoms with Crippen molar-refractivity contribution < 1.29 is 23.1 Å². The van der Waals surface area contributed by atoms with Crippen LogP contribution in [-0.4, -0.2) is 75.2 Å². The van der Waals surface area contributed by atoms with Crippen molar-refractivity contribution in [3.8, 4) is 0 Å². The summed E-state index contributed by atoms with van der Waals surface area (Å²) in [5.74, 6) is -0.628. The summed E-state index contributed by atoms with van der Waals surface area (Å²) >= 11 is 0. The van der Waals surface area contributed by atoms with Crippen LogP contribution in [-0.2, 0) is 21.8 Å². The molecule has 2 aromatic carbocycles. The number of aromatic nitrogens is 1. The first kappa shape index (κ1) is 27.9. The molecule has 1 aromatic heterocycles. The van der Waals surface area contributed by atoms with E-state index in [0.29, 0.717) is 34.6 Å². The maximum Gasteiger partial charge on any atom is 0.257 e. The first-order chi connectivity index (χ1) is 19.7. The van der Waals surface area contributed by atoms with Crippen LogP contribution >= 0.6 is 0 Å². The molecule has 0 bridgehead atoms. The average molecular weight is 582 g/mol. The summed E-state index contributed by atoms with van der Waals surface area (Å²) < 4.78 is 35.1. The number of fused-ring (bicyclic) bond motifs is 1. The van der Waals surface area contributed by atoms with Gasteiger partial charge < -0.3 is 29.5 Å². The molecule has 0 radical (unpaired) electrons. The van der Waals surface area contributed by atoms with Crippen LogP contribution in [0.15, 0.2) is 42.6 Å². The molecular weight excluding hydrogens is 542 g/mol. The van der Waals surface area contributed by atoms with Crippen molar-refractivity contribution in [3.63, 3.8) is 0 Å². The molecule has 1 saturated carbocycles. The Morgan fingerprint density at radius 3 is 2.49 bits per heavy atom. The summed E-state index contributed by atoms with van der Waals surface area (Å²) in [6.45, 7) is 5.44. The van der Waals surface area contributed by atoms with Crippen LogP contribution in [0, 0.1) is 5.41 Å². The molecular formula is C30H39N5O5S. The molecule has 1 aliphatic carbocycles. The summed E-state index contributed by atoms with van der Waals surface area (Å²) in [5.41, 5.74) is 4.92. The lowest BCUT2D eigenvalue weighted by molar-refractivity contribution is 0.0533. The number of rotatable bonds is 8. The van der Waals surface area contributed by atoms with Gasteiger partial charge in [0.15, 0.2) is 0 Å². The van der Waals surface area contributed by atoms with Crippen molar-refractivity contribution in [3.05, 3.63) is 48.2 Å². The van der Waals surface area contributed by atoms with Gasteiger partial charge in [-0.25, -0.2) is 8.42 Å². The Balaban J connectivity index is 1.31. The second-order valence-corrected chi connectivity index (χ2v) is 13.6. The van der Waals surface area contributed by atoms with Crippen molar-refractivity contribution >= 4 is 49.6 Å². The Labute approximate surface area is 241 Å². The minimum atomic E-state index is -3.70. The Hall–Kier alpha value is -3.28. The van der Waals surface area contributed by atoms with Crippen LogP contribution in [0.2, 0.25) is 0 Å². The molecule has 10 nitrogen and oxygen atoms in total. The molecule has 2 aliphatic heterocycles. The number of aliphatic hydroxyl groups is 1. The summed E-state index contributed by atoms with van der Waals surface area (Å²) in [4.78, 5) is 18.4. The van der Waals surface area contributed by atoms with Gasteiger partial charge in [0.1, 0.15) is 0 Å². The van der Waals surface area contributed by atoms with Crippen LogP contribution < -0.4 is 19.8 Å². The highest BCUT2D eigenvalue weighted by atomic mass is 32.2. The largest absolute Gasteiger partial charge is 0.395 e. The number of carbonyl (C=O) groups is 1. The Morgan fingerprint density at radius 2 is 1.78 bits per heavy atom. The SMILES string of the molecule is C[C@H]1CN(c2cc(NC(=O)c3ccc(NS(=O)(=O)CCO)cc3N3CCC4(CC3)CC4)cc3ccn(C)c23)CCO1. The normalized spacial score (nSPS) is 20.4. The van der Waals surface area contributed by atoms with E-state index in [9.17, 15) is 13.2 Å². The van der Waals surface area contributed by atoms with Gasteiger partial charge in [-0.15, -0.1) is 0 Å². The van der Waals surface area contributed by atoms with Crippen molar-refractivity contribution in [1.29, 1.82) is 0 Å². The van der Waals surface area contributed by atoms with Crippen LogP contribution in [0.4, 0.5) is 22.7 Å². The molecule has 6 rings (SSSR count). The van der Waals surface area contributed by atoms with Crippen molar-refractivity contribution in [1.82, 2.24) is 4.57 Å². The fourth-order valence-corrected chi connectivity index (χ4v) is 7.09. The number of anilines is 4. The number of amides is 1. The van der Waals surface area contributed by atoms with Gasteiger partial charge in [-0.3, -0.25) is 9.52 Å². The highest BCUT2D eigenvalue weighted by Crippen LogP contribution is 2.54. The molecule has 220 valence electrons. The molecule has 41 heavy (non-hydrogen) atoms. The number of nitrogens with one attached hydrogen (secondary N) is 2. The summed E-state index contributed by atoms with van der Waals surface area (Å²) in [7, 11) is -1.67. The Kier molecular flexibility index (Phi) is 7.37. The third kappa shape index (κ3) is 5.89.